The van der Waals surface area contributed by atoms with Crippen LogP contribution in [0.5, 0.6) is 0 Å². The SMILES string of the molecule is CCC(C)(C)c1ccc(C(=O)c2ccc(F)cc2F)cc1. The molecule has 110 valence electrons. The third-order valence-corrected chi connectivity index (χ3v) is 3.99. The van der Waals surface area contributed by atoms with Crippen molar-refractivity contribution in [1.82, 2.24) is 0 Å². The van der Waals surface area contributed by atoms with Gasteiger partial charge in [0, 0.05) is 11.6 Å². The maximum atomic E-state index is 13.6. The Kier molecular flexibility index (Phi) is 4.21. The molecule has 0 saturated heterocycles. The van der Waals surface area contributed by atoms with Gasteiger partial charge in [0.25, 0.3) is 0 Å². The highest BCUT2D eigenvalue weighted by molar-refractivity contribution is 6.09. The van der Waals surface area contributed by atoms with Crippen LogP contribution < -0.4 is 0 Å². The van der Waals surface area contributed by atoms with Gasteiger partial charge in [0.05, 0.1) is 5.56 Å². The molecular formula is C18H18F2O. The molecule has 0 aromatic heterocycles. The van der Waals surface area contributed by atoms with Crippen LogP contribution in [0.3, 0.4) is 0 Å². The van der Waals surface area contributed by atoms with Crippen LogP contribution in [0.1, 0.15) is 48.7 Å². The summed E-state index contributed by atoms with van der Waals surface area (Å²) in [6.45, 7) is 6.36. The first-order chi connectivity index (χ1) is 9.85. The summed E-state index contributed by atoms with van der Waals surface area (Å²) in [5, 5.41) is 0. The molecule has 0 aliphatic heterocycles. The summed E-state index contributed by atoms with van der Waals surface area (Å²) in [4.78, 5) is 12.2. The summed E-state index contributed by atoms with van der Waals surface area (Å²) in [7, 11) is 0. The van der Waals surface area contributed by atoms with Crippen molar-refractivity contribution in [2.24, 2.45) is 0 Å². The number of rotatable bonds is 4. The Labute approximate surface area is 123 Å². The number of halogens is 2. The summed E-state index contributed by atoms with van der Waals surface area (Å²) in [6.07, 6.45) is 0.979. The van der Waals surface area contributed by atoms with Gasteiger partial charge in [-0.05, 0) is 29.5 Å². The minimum absolute atomic E-state index is 0.0305. The van der Waals surface area contributed by atoms with Crippen LogP contribution in [0.25, 0.3) is 0 Å². The van der Waals surface area contributed by atoms with Crippen molar-refractivity contribution in [2.45, 2.75) is 32.6 Å². The molecule has 0 aliphatic rings. The summed E-state index contributed by atoms with van der Waals surface area (Å²) < 4.78 is 26.5. The lowest BCUT2D eigenvalue weighted by Gasteiger charge is -2.23. The molecule has 0 N–H and O–H groups in total. The lowest BCUT2D eigenvalue weighted by molar-refractivity contribution is 0.103. The van der Waals surface area contributed by atoms with Gasteiger partial charge in [0.15, 0.2) is 5.78 Å². The molecule has 2 rings (SSSR count). The summed E-state index contributed by atoms with van der Waals surface area (Å²) in [5.74, 6) is -1.96. The maximum absolute atomic E-state index is 13.6. The molecule has 0 unspecified atom stereocenters. The summed E-state index contributed by atoms with van der Waals surface area (Å²) in [5.41, 5.74) is 1.44. The number of ketones is 1. The Bertz CT molecular complexity index is 657. The topological polar surface area (TPSA) is 17.1 Å². The molecule has 0 fully saturated rings. The fourth-order valence-electron chi connectivity index (χ4n) is 2.11. The second-order valence-corrected chi connectivity index (χ2v) is 5.77. The van der Waals surface area contributed by atoms with E-state index in [2.05, 4.69) is 20.8 Å². The highest BCUT2D eigenvalue weighted by Gasteiger charge is 2.19. The van der Waals surface area contributed by atoms with Crippen LogP contribution in [0.2, 0.25) is 0 Å². The number of carbonyl (C=O) groups is 1. The van der Waals surface area contributed by atoms with Crippen molar-refractivity contribution in [3.63, 3.8) is 0 Å². The fraction of sp³-hybridized carbons (Fsp3) is 0.278. The Balaban J connectivity index is 2.32. The van der Waals surface area contributed by atoms with Gasteiger partial charge in [-0.1, -0.05) is 45.0 Å². The first-order valence-electron chi connectivity index (χ1n) is 6.95. The van der Waals surface area contributed by atoms with Crippen molar-refractivity contribution in [1.29, 1.82) is 0 Å². The van der Waals surface area contributed by atoms with Gasteiger partial charge in [0.1, 0.15) is 11.6 Å². The van der Waals surface area contributed by atoms with Crippen LogP contribution >= 0.6 is 0 Å². The lowest BCUT2D eigenvalue weighted by Crippen LogP contribution is -2.15. The zero-order valence-corrected chi connectivity index (χ0v) is 12.4. The summed E-state index contributed by atoms with van der Waals surface area (Å²) in [6, 6.07) is 10.1. The standard InChI is InChI=1S/C18H18F2O/c1-4-18(2,3)13-7-5-12(6-8-13)17(21)15-10-9-14(19)11-16(15)20/h5-11H,4H2,1-3H3. The smallest absolute Gasteiger partial charge is 0.195 e. The first-order valence-corrected chi connectivity index (χ1v) is 6.95. The predicted octanol–water partition coefficient (Wildman–Crippen LogP) is 4.88. The van der Waals surface area contributed by atoms with E-state index in [1.165, 1.54) is 6.07 Å². The normalized spacial score (nSPS) is 11.5. The third kappa shape index (κ3) is 3.18. The van der Waals surface area contributed by atoms with Crippen molar-refractivity contribution in [2.75, 3.05) is 0 Å². The van der Waals surface area contributed by atoms with Crippen LogP contribution in [-0.2, 0) is 5.41 Å². The van der Waals surface area contributed by atoms with Gasteiger partial charge < -0.3 is 0 Å². The Morgan fingerprint density at radius 2 is 1.67 bits per heavy atom. The second-order valence-electron chi connectivity index (χ2n) is 5.77. The van der Waals surface area contributed by atoms with Gasteiger partial charge in [-0.25, -0.2) is 8.78 Å². The predicted molar refractivity (Wildman–Crippen MR) is 79.5 cm³/mol. The number of hydrogen-bond donors (Lipinski definition) is 0. The number of hydrogen-bond acceptors (Lipinski definition) is 1. The zero-order chi connectivity index (χ0) is 15.6. The van der Waals surface area contributed by atoms with E-state index in [0.717, 1.165) is 24.1 Å². The second kappa shape index (κ2) is 5.76. The van der Waals surface area contributed by atoms with E-state index in [0.29, 0.717) is 5.56 Å². The van der Waals surface area contributed by atoms with E-state index < -0.39 is 17.4 Å². The van der Waals surface area contributed by atoms with Gasteiger partial charge in [0.2, 0.25) is 0 Å². The molecule has 2 aromatic rings. The minimum Gasteiger partial charge on any atom is -0.288 e. The molecule has 0 amide bonds. The quantitative estimate of drug-likeness (QED) is 0.732. The molecule has 21 heavy (non-hydrogen) atoms. The largest absolute Gasteiger partial charge is 0.288 e. The molecule has 0 aliphatic carbocycles. The Morgan fingerprint density at radius 3 is 2.19 bits per heavy atom. The molecule has 1 nitrogen and oxygen atoms in total. The van der Waals surface area contributed by atoms with Crippen LogP contribution in [0.4, 0.5) is 8.78 Å². The highest BCUT2D eigenvalue weighted by atomic mass is 19.1. The molecule has 0 bridgehead atoms. The van der Waals surface area contributed by atoms with E-state index in [4.69, 9.17) is 0 Å². The van der Waals surface area contributed by atoms with Crippen molar-refractivity contribution in [3.05, 3.63) is 70.8 Å². The zero-order valence-electron chi connectivity index (χ0n) is 12.4. The number of benzene rings is 2. The molecule has 3 heteroatoms. The lowest BCUT2D eigenvalue weighted by atomic mass is 9.82. The van der Waals surface area contributed by atoms with Crippen molar-refractivity contribution < 1.29 is 13.6 Å². The highest BCUT2D eigenvalue weighted by Crippen LogP contribution is 2.27. The van der Waals surface area contributed by atoms with Gasteiger partial charge in [-0.15, -0.1) is 0 Å². The summed E-state index contributed by atoms with van der Waals surface area (Å²) >= 11 is 0. The van der Waals surface area contributed by atoms with Crippen LogP contribution in [0, 0.1) is 11.6 Å². The molecule has 0 atom stereocenters. The monoisotopic (exact) mass is 288 g/mol. The van der Waals surface area contributed by atoms with E-state index >= 15 is 0 Å². The van der Waals surface area contributed by atoms with E-state index in [1.54, 1.807) is 12.1 Å². The van der Waals surface area contributed by atoms with Gasteiger partial charge >= 0.3 is 0 Å². The van der Waals surface area contributed by atoms with Crippen LogP contribution in [-0.4, -0.2) is 5.78 Å². The minimum atomic E-state index is -0.835. The van der Waals surface area contributed by atoms with Crippen molar-refractivity contribution in [3.8, 4) is 0 Å². The van der Waals surface area contributed by atoms with Gasteiger partial charge in [-0.2, -0.15) is 0 Å². The molecule has 2 aromatic carbocycles. The van der Waals surface area contributed by atoms with Crippen LogP contribution in [0.15, 0.2) is 42.5 Å². The Hall–Kier alpha value is -2.03. The Morgan fingerprint density at radius 1 is 1.05 bits per heavy atom. The van der Waals surface area contributed by atoms with Gasteiger partial charge in [-0.3, -0.25) is 4.79 Å². The van der Waals surface area contributed by atoms with E-state index in [-0.39, 0.29) is 11.0 Å². The number of carbonyl (C=O) groups excluding carboxylic acids is 1. The maximum Gasteiger partial charge on any atom is 0.195 e. The van der Waals surface area contributed by atoms with E-state index in [9.17, 15) is 13.6 Å². The molecule has 0 radical (unpaired) electrons. The first kappa shape index (κ1) is 15.4. The molecule has 0 spiro atoms. The van der Waals surface area contributed by atoms with E-state index in [1.807, 2.05) is 12.1 Å². The molecule has 0 saturated carbocycles. The third-order valence-electron chi connectivity index (χ3n) is 3.99. The average Bonchev–Trinajstić information content (AvgIpc) is 2.47. The molecular weight excluding hydrogens is 270 g/mol. The van der Waals surface area contributed by atoms with Crippen molar-refractivity contribution >= 4 is 5.78 Å². The fourth-order valence-corrected chi connectivity index (χ4v) is 2.11. The molecule has 0 heterocycles. The average molecular weight is 288 g/mol.